The van der Waals surface area contributed by atoms with Crippen molar-refractivity contribution < 1.29 is 13.2 Å². The van der Waals surface area contributed by atoms with Crippen molar-refractivity contribution in [1.29, 1.82) is 0 Å². The van der Waals surface area contributed by atoms with Crippen molar-refractivity contribution in [1.82, 2.24) is 0 Å². The van der Waals surface area contributed by atoms with Crippen LogP contribution >= 0.6 is 11.6 Å². The molecule has 0 heterocycles. The van der Waals surface area contributed by atoms with E-state index in [9.17, 15) is 13.2 Å². The number of carbonyl (C=O) groups is 1. The van der Waals surface area contributed by atoms with Gasteiger partial charge in [-0.1, -0.05) is 59.1 Å². The molecule has 1 amide bonds. The minimum absolute atomic E-state index is 0.0527. The van der Waals surface area contributed by atoms with Gasteiger partial charge in [-0.15, -0.1) is 0 Å². The molecule has 0 aliphatic carbocycles. The van der Waals surface area contributed by atoms with E-state index in [1.807, 2.05) is 13.8 Å². The normalized spacial score (nSPS) is 11.6. The lowest BCUT2D eigenvalue weighted by molar-refractivity contribution is -0.113. The van der Waals surface area contributed by atoms with Crippen molar-refractivity contribution >= 4 is 39.3 Å². The van der Waals surface area contributed by atoms with Crippen LogP contribution in [0.25, 0.3) is 6.08 Å². The van der Waals surface area contributed by atoms with Crippen molar-refractivity contribution in [3.8, 4) is 0 Å². The van der Waals surface area contributed by atoms with E-state index in [-0.39, 0.29) is 10.6 Å². The van der Waals surface area contributed by atoms with Crippen LogP contribution in [0.5, 0.6) is 0 Å². The van der Waals surface area contributed by atoms with Gasteiger partial charge in [0.15, 0.2) is 0 Å². The van der Waals surface area contributed by atoms with Gasteiger partial charge in [-0.3, -0.25) is 4.79 Å². The van der Waals surface area contributed by atoms with Crippen LogP contribution in [-0.2, 0) is 14.8 Å². The quantitative estimate of drug-likeness (QED) is 0.515. The number of benzene rings is 3. The van der Waals surface area contributed by atoms with E-state index in [4.69, 9.17) is 11.6 Å². The van der Waals surface area contributed by atoms with Gasteiger partial charge in [0.2, 0.25) is 0 Å². The summed E-state index contributed by atoms with van der Waals surface area (Å²) >= 11 is 5.88. The molecule has 0 saturated carbocycles. The molecule has 0 aromatic heterocycles. The summed E-state index contributed by atoms with van der Waals surface area (Å²) in [6.07, 6.45) is 2.80. The molecule has 3 rings (SSSR count). The molecule has 0 unspecified atom stereocenters. The molecule has 0 radical (unpaired) electrons. The molecule has 4 nitrogen and oxygen atoms in total. The first-order chi connectivity index (χ1) is 13.8. The minimum Gasteiger partial charge on any atom is -0.268 e. The SMILES string of the molecule is Cc1ccc(N(C(=O)/C=C/c2ccc(Cl)cc2)S(=O)(=O)c2ccc(C)cc2)cc1. The summed E-state index contributed by atoms with van der Waals surface area (Å²) in [5, 5.41) is 0.580. The standard InChI is InChI=1S/C23H20ClNO3S/c1-17-3-12-21(13-4-17)25(29(27,28)22-14-5-18(2)6-15-22)23(26)16-9-19-7-10-20(24)11-8-19/h3-16H,1-2H3/b16-9+. The van der Waals surface area contributed by atoms with E-state index in [2.05, 4.69) is 0 Å². The first-order valence-corrected chi connectivity index (χ1v) is 10.8. The topological polar surface area (TPSA) is 54.5 Å². The van der Waals surface area contributed by atoms with Crippen molar-refractivity contribution in [2.24, 2.45) is 0 Å². The lowest BCUT2D eigenvalue weighted by Gasteiger charge is -2.21. The monoisotopic (exact) mass is 425 g/mol. The average molecular weight is 426 g/mol. The van der Waals surface area contributed by atoms with E-state index in [0.717, 1.165) is 21.0 Å². The second-order valence-electron chi connectivity index (χ2n) is 6.64. The zero-order valence-corrected chi connectivity index (χ0v) is 17.6. The van der Waals surface area contributed by atoms with Gasteiger partial charge in [-0.2, -0.15) is 4.31 Å². The summed E-state index contributed by atoms with van der Waals surface area (Å²) < 4.78 is 27.4. The summed E-state index contributed by atoms with van der Waals surface area (Å²) in [6.45, 7) is 3.76. The number of hydrogen-bond acceptors (Lipinski definition) is 3. The number of hydrogen-bond donors (Lipinski definition) is 0. The Hall–Kier alpha value is -2.89. The van der Waals surface area contributed by atoms with Crippen molar-refractivity contribution in [2.75, 3.05) is 4.31 Å². The highest BCUT2D eigenvalue weighted by Gasteiger charge is 2.29. The third-order valence-electron chi connectivity index (χ3n) is 4.32. The van der Waals surface area contributed by atoms with E-state index in [0.29, 0.717) is 5.02 Å². The Morgan fingerprint density at radius 1 is 0.828 bits per heavy atom. The first kappa shape index (κ1) is 20.8. The van der Waals surface area contributed by atoms with Gasteiger partial charge in [0, 0.05) is 11.1 Å². The number of nitrogens with zero attached hydrogens (tertiary/aromatic N) is 1. The fraction of sp³-hybridized carbons (Fsp3) is 0.0870. The predicted octanol–water partition coefficient (Wildman–Crippen LogP) is 5.39. The average Bonchev–Trinajstić information content (AvgIpc) is 2.69. The lowest BCUT2D eigenvalue weighted by Crippen LogP contribution is -2.35. The van der Waals surface area contributed by atoms with Crippen LogP contribution in [0.15, 0.2) is 83.8 Å². The molecule has 0 spiro atoms. The van der Waals surface area contributed by atoms with Gasteiger partial charge in [0.05, 0.1) is 10.6 Å². The van der Waals surface area contributed by atoms with Gasteiger partial charge in [0.1, 0.15) is 0 Å². The molecular formula is C23H20ClNO3S. The zero-order valence-electron chi connectivity index (χ0n) is 16.0. The van der Waals surface area contributed by atoms with E-state index in [1.54, 1.807) is 66.7 Å². The van der Waals surface area contributed by atoms with Gasteiger partial charge in [-0.05, 0) is 61.9 Å². The Bertz CT molecular complexity index is 1130. The summed E-state index contributed by atoms with van der Waals surface area (Å²) in [5.41, 5.74) is 2.91. The summed E-state index contributed by atoms with van der Waals surface area (Å²) in [7, 11) is -4.08. The highest BCUT2D eigenvalue weighted by Crippen LogP contribution is 2.25. The Morgan fingerprint density at radius 2 is 1.34 bits per heavy atom. The molecular weight excluding hydrogens is 406 g/mol. The highest BCUT2D eigenvalue weighted by molar-refractivity contribution is 7.93. The Labute approximate surface area is 176 Å². The summed E-state index contributed by atoms with van der Waals surface area (Å²) in [6, 6.07) is 20.1. The maximum absolute atomic E-state index is 13.3. The predicted molar refractivity (Wildman–Crippen MR) is 118 cm³/mol. The fourth-order valence-corrected chi connectivity index (χ4v) is 4.20. The number of halogens is 1. The second kappa shape index (κ2) is 8.64. The molecule has 0 aliphatic heterocycles. The van der Waals surface area contributed by atoms with E-state index >= 15 is 0 Å². The Balaban J connectivity index is 2.02. The van der Waals surface area contributed by atoms with Crippen LogP contribution in [0.2, 0.25) is 5.02 Å². The molecule has 148 valence electrons. The van der Waals surface area contributed by atoms with Crippen LogP contribution < -0.4 is 4.31 Å². The van der Waals surface area contributed by atoms with Crippen LogP contribution in [0.4, 0.5) is 5.69 Å². The third kappa shape index (κ3) is 4.94. The molecule has 3 aromatic rings. The molecule has 6 heteroatoms. The number of carbonyl (C=O) groups excluding carboxylic acids is 1. The number of amides is 1. The number of anilines is 1. The lowest BCUT2D eigenvalue weighted by atomic mass is 10.2. The summed E-state index contributed by atoms with van der Waals surface area (Å²) in [4.78, 5) is 13.0. The summed E-state index contributed by atoms with van der Waals surface area (Å²) in [5.74, 6) is -0.663. The molecule has 3 aromatic carbocycles. The molecule has 0 atom stereocenters. The Morgan fingerprint density at radius 3 is 1.90 bits per heavy atom. The molecule has 0 fully saturated rings. The maximum Gasteiger partial charge on any atom is 0.271 e. The van der Waals surface area contributed by atoms with E-state index in [1.165, 1.54) is 18.2 Å². The van der Waals surface area contributed by atoms with Crippen LogP contribution in [0.1, 0.15) is 16.7 Å². The maximum atomic E-state index is 13.3. The van der Waals surface area contributed by atoms with Gasteiger partial charge >= 0.3 is 0 Å². The van der Waals surface area contributed by atoms with Crippen molar-refractivity contribution in [3.05, 3.63) is 101 Å². The van der Waals surface area contributed by atoms with Crippen molar-refractivity contribution in [2.45, 2.75) is 18.7 Å². The minimum atomic E-state index is -4.08. The van der Waals surface area contributed by atoms with Crippen LogP contribution in [0, 0.1) is 13.8 Å². The number of sulfonamides is 1. The van der Waals surface area contributed by atoms with E-state index < -0.39 is 15.9 Å². The number of rotatable bonds is 5. The van der Waals surface area contributed by atoms with Crippen molar-refractivity contribution in [3.63, 3.8) is 0 Å². The molecule has 29 heavy (non-hydrogen) atoms. The second-order valence-corrected chi connectivity index (χ2v) is 8.86. The first-order valence-electron chi connectivity index (χ1n) is 8.94. The van der Waals surface area contributed by atoms with Crippen LogP contribution in [-0.4, -0.2) is 14.3 Å². The molecule has 0 aliphatic rings. The molecule has 0 bridgehead atoms. The highest BCUT2D eigenvalue weighted by atomic mass is 35.5. The smallest absolute Gasteiger partial charge is 0.268 e. The third-order valence-corrected chi connectivity index (χ3v) is 6.31. The Kier molecular flexibility index (Phi) is 6.20. The van der Waals surface area contributed by atoms with Crippen LogP contribution in [0.3, 0.4) is 0 Å². The van der Waals surface area contributed by atoms with Gasteiger partial charge in [-0.25, -0.2) is 8.42 Å². The largest absolute Gasteiger partial charge is 0.271 e. The molecule has 0 saturated heterocycles. The molecule has 0 N–H and O–H groups in total. The van der Waals surface area contributed by atoms with Gasteiger partial charge < -0.3 is 0 Å². The fourth-order valence-electron chi connectivity index (χ4n) is 2.69. The zero-order chi connectivity index (χ0) is 21.0. The van der Waals surface area contributed by atoms with Gasteiger partial charge in [0.25, 0.3) is 15.9 Å². The number of aryl methyl sites for hydroxylation is 2.